The lowest BCUT2D eigenvalue weighted by molar-refractivity contribution is -0.135. The van der Waals surface area contributed by atoms with Crippen LogP contribution < -0.4 is 5.32 Å². The number of nitrogens with zero attached hydrogens (tertiary/aromatic N) is 1. The van der Waals surface area contributed by atoms with E-state index in [2.05, 4.69) is 12.2 Å². The zero-order valence-electron chi connectivity index (χ0n) is 10.9. The van der Waals surface area contributed by atoms with Crippen LogP contribution in [0, 0.1) is 11.8 Å². The van der Waals surface area contributed by atoms with Gasteiger partial charge in [-0.3, -0.25) is 4.79 Å². The molecule has 3 atom stereocenters. The van der Waals surface area contributed by atoms with E-state index < -0.39 is 0 Å². The summed E-state index contributed by atoms with van der Waals surface area (Å²) in [5, 5.41) is 3.19. The molecule has 4 heteroatoms. The van der Waals surface area contributed by atoms with Gasteiger partial charge in [-0.15, -0.1) is 0 Å². The fourth-order valence-electron chi connectivity index (χ4n) is 2.80. The van der Waals surface area contributed by atoms with E-state index >= 15 is 0 Å². The summed E-state index contributed by atoms with van der Waals surface area (Å²) in [6, 6.07) is 0.197. The Hall–Kier alpha value is -0.610. The van der Waals surface area contributed by atoms with Crippen molar-refractivity contribution in [3.63, 3.8) is 0 Å². The second kappa shape index (κ2) is 5.83. The summed E-state index contributed by atoms with van der Waals surface area (Å²) < 4.78 is 5.41. The van der Waals surface area contributed by atoms with E-state index in [9.17, 15) is 4.79 Å². The van der Waals surface area contributed by atoms with Crippen LogP contribution in [0.4, 0.5) is 0 Å². The van der Waals surface area contributed by atoms with Gasteiger partial charge in [0.25, 0.3) is 0 Å². The third-order valence-corrected chi connectivity index (χ3v) is 4.10. The van der Waals surface area contributed by atoms with Crippen molar-refractivity contribution >= 4 is 5.91 Å². The standard InChI is InChI=1S/C13H24N2O2/c1-10-4-3-6-15(7-5-10)13(16)11-8-17-9-12(11)14-2/h10-12,14H,3-9H2,1-2H3. The normalized spacial score (nSPS) is 34.7. The SMILES string of the molecule is CNC1COCC1C(=O)N1CCCC(C)CC1. The predicted octanol–water partition coefficient (Wildman–Crippen LogP) is 0.869. The molecule has 98 valence electrons. The van der Waals surface area contributed by atoms with Crippen LogP contribution in [0.25, 0.3) is 0 Å². The number of rotatable bonds is 2. The van der Waals surface area contributed by atoms with E-state index in [4.69, 9.17) is 4.74 Å². The average Bonchev–Trinajstić information content (AvgIpc) is 2.70. The number of nitrogens with one attached hydrogen (secondary N) is 1. The second-order valence-corrected chi connectivity index (χ2v) is 5.40. The third-order valence-electron chi connectivity index (χ3n) is 4.10. The highest BCUT2D eigenvalue weighted by molar-refractivity contribution is 5.80. The van der Waals surface area contributed by atoms with E-state index in [0.717, 1.165) is 31.8 Å². The Labute approximate surface area is 104 Å². The number of carbonyl (C=O) groups excluding carboxylic acids is 1. The topological polar surface area (TPSA) is 41.6 Å². The lowest BCUT2D eigenvalue weighted by atomic mass is 10.0. The molecule has 0 aliphatic carbocycles. The molecule has 1 N–H and O–H groups in total. The fraction of sp³-hybridized carbons (Fsp3) is 0.923. The van der Waals surface area contributed by atoms with Crippen LogP contribution in [0.5, 0.6) is 0 Å². The third kappa shape index (κ3) is 2.99. The van der Waals surface area contributed by atoms with Gasteiger partial charge in [0, 0.05) is 19.1 Å². The lowest BCUT2D eigenvalue weighted by Crippen LogP contribution is -2.45. The van der Waals surface area contributed by atoms with E-state index in [1.807, 2.05) is 11.9 Å². The Bertz CT molecular complexity index is 270. The fourth-order valence-corrected chi connectivity index (χ4v) is 2.80. The minimum Gasteiger partial charge on any atom is -0.379 e. The molecule has 4 nitrogen and oxygen atoms in total. The minimum atomic E-state index is 0.0217. The van der Waals surface area contributed by atoms with Gasteiger partial charge in [0.2, 0.25) is 5.91 Å². The smallest absolute Gasteiger partial charge is 0.229 e. The van der Waals surface area contributed by atoms with Crippen molar-refractivity contribution < 1.29 is 9.53 Å². The second-order valence-electron chi connectivity index (χ2n) is 5.40. The Morgan fingerprint density at radius 2 is 2.12 bits per heavy atom. The molecule has 0 bridgehead atoms. The molecule has 2 fully saturated rings. The number of ether oxygens (including phenoxy) is 1. The van der Waals surface area contributed by atoms with Crippen LogP contribution in [0.1, 0.15) is 26.2 Å². The highest BCUT2D eigenvalue weighted by Gasteiger charge is 2.35. The van der Waals surface area contributed by atoms with E-state index in [-0.39, 0.29) is 17.9 Å². The van der Waals surface area contributed by atoms with E-state index in [1.165, 1.54) is 6.42 Å². The molecule has 2 aliphatic rings. The lowest BCUT2D eigenvalue weighted by Gasteiger charge is -2.26. The number of hydrogen-bond donors (Lipinski definition) is 1. The van der Waals surface area contributed by atoms with Gasteiger partial charge >= 0.3 is 0 Å². The predicted molar refractivity (Wildman–Crippen MR) is 66.8 cm³/mol. The van der Waals surface area contributed by atoms with E-state index in [0.29, 0.717) is 13.2 Å². The Kier molecular flexibility index (Phi) is 4.40. The molecule has 0 radical (unpaired) electrons. The maximum atomic E-state index is 12.4. The number of carbonyl (C=O) groups is 1. The summed E-state index contributed by atoms with van der Waals surface area (Å²) in [5.74, 6) is 1.07. The van der Waals surface area contributed by atoms with Crippen molar-refractivity contribution in [1.82, 2.24) is 10.2 Å². The Morgan fingerprint density at radius 3 is 2.88 bits per heavy atom. The number of hydrogen-bond acceptors (Lipinski definition) is 3. The Balaban J connectivity index is 1.94. The van der Waals surface area contributed by atoms with Crippen molar-refractivity contribution in [2.45, 2.75) is 32.2 Å². The van der Waals surface area contributed by atoms with Crippen LogP contribution in [0.3, 0.4) is 0 Å². The summed E-state index contributed by atoms with van der Waals surface area (Å²) in [7, 11) is 1.91. The molecule has 0 aromatic rings. The average molecular weight is 240 g/mol. The van der Waals surface area contributed by atoms with Gasteiger partial charge in [-0.1, -0.05) is 6.92 Å². The van der Waals surface area contributed by atoms with E-state index in [1.54, 1.807) is 0 Å². The first-order chi connectivity index (χ1) is 8.22. The molecule has 2 rings (SSSR count). The minimum absolute atomic E-state index is 0.0217. The van der Waals surface area contributed by atoms with Crippen LogP contribution >= 0.6 is 0 Å². The van der Waals surface area contributed by atoms with Crippen molar-refractivity contribution in [2.75, 3.05) is 33.4 Å². The first kappa shape index (κ1) is 12.8. The molecule has 3 unspecified atom stereocenters. The molecule has 0 saturated carbocycles. The summed E-state index contributed by atoms with van der Waals surface area (Å²) in [6.07, 6.45) is 3.54. The summed E-state index contributed by atoms with van der Waals surface area (Å²) >= 11 is 0. The number of likely N-dealkylation sites (tertiary alicyclic amines) is 1. The molecule has 2 heterocycles. The highest BCUT2D eigenvalue weighted by Crippen LogP contribution is 2.21. The van der Waals surface area contributed by atoms with Gasteiger partial charge in [0.1, 0.15) is 0 Å². The van der Waals surface area contributed by atoms with Gasteiger partial charge in [-0.25, -0.2) is 0 Å². The van der Waals surface area contributed by atoms with Crippen LogP contribution in [0.15, 0.2) is 0 Å². The van der Waals surface area contributed by atoms with Gasteiger partial charge in [-0.2, -0.15) is 0 Å². The number of amides is 1. The van der Waals surface area contributed by atoms with Gasteiger partial charge in [-0.05, 0) is 32.2 Å². The summed E-state index contributed by atoms with van der Waals surface area (Å²) in [5.41, 5.74) is 0. The Morgan fingerprint density at radius 1 is 1.29 bits per heavy atom. The monoisotopic (exact) mass is 240 g/mol. The quantitative estimate of drug-likeness (QED) is 0.778. The molecule has 0 aromatic heterocycles. The number of likely N-dealkylation sites (N-methyl/N-ethyl adjacent to an activating group) is 1. The molecule has 0 aromatic carbocycles. The zero-order chi connectivity index (χ0) is 12.3. The van der Waals surface area contributed by atoms with Crippen molar-refractivity contribution in [3.8, 4) is 0 Å². The zero-order valence-corrected chi connectivity index (χ0v) is 10.9. The molecule has 1 amide bonds. The van der Waals surface area contributed by atoms with Crippen LogP contribution in [-0.4, -0.2) is 50.2 Å². The summed E-state index contributed by atoms with van der Waals surface area (Å²) in [4.78, 5) is 14.5. The maximum absolute atomic E-state index is 12.4. The van der Waals surface area contributed by atoms with Gasteiger partial charge < -0.3 is 15.0 Å². The first-order valence-electron chi connectivity index (χ1n) is 6.76. The largest absolute Gasteiger partial charge is 0.379 e. The van der Waals surface area contributed by atoms with Gasteiger partial charge in [0.05, 0.1) is 19.1 Å². The molecular formula is C13H24N2O2. The van der Waals surface area contributed by atoms with Crippen molar-refractivity contribution in [2.24, 2.45) is 11.8 Å². The van der Waals surface area contributed by atoms with Crippen molar-refractivity contribution in [1.29, 1.82) is 0 Å². The van der Waals surface area contributed by atoms with Crippen LogP contribution in [-0.2, 0) is 9.53 Å². The van der Waals surface area contributed by atoms with Crippen LogP contribution in [0.2, 0.25) is 0 Å². The molecule has 0 spiro atoms. The molecule has 2 saturated heterocycles. The first-order valence-corrected chi connectivity index (χ1v) is 6.76. The molecule has 2 aliphatic heterocycles. The maximum Gasteiger partial charge on any atom is 0.229 e. The molecule has 17 heavy (non-hydrogen) atoms. The summed E-state index contributed by atoms with van der Waals surface area (Å²) in [6.45, 7) is 5.37. The van der Waals surface area contributed by atoms with Crippen molar-refractivity contribution in [3.05, 3.63) is 0 Å². The molecular weight excluding hydrogens is 216 g/mol. The highest BCUT2D eigenvalue weighted by atomic mass is 16.5. The van der Waals surface area contributed by atoms with Gasteiger partial charge in [0.15, 0.2) is 0 Å².